The summed E-state index contributed by atoms with van der Waals surface area (Å²) in [5, 5.41) is 11.8. The van der Waals surface area contributed by atoms with E-state index in [0.29, 0.717) is 0 Å². The molecule has 0 saturated carbocycles. The zero-order valence-corrected chi connectivity index (χ0v) is 31.8. The number of hydrogen-bond acceptors (Lipinski definition) is 2. The fraction of sp³-hybridized carbons (Fsp3) is 0. The van der Waals surface area contributed by atoms with Gasteiger partial charge in [0, 0.05) is 43.6 Å². The van der Waals surface area contributed by atoms with Crippen LogP contribution in [0.3, 0.4) is 0 Å². The molecule has 13 aromatic rings. The zero-order valence-electron chi connectivity index (χ0n) is 31.8. The highest BCUT2D eigenvalue weighted by Crippen LogP contribution is 2.47. The molecular formula is C56H33NO2. The van der Waals surface area contributed by atoms with Gasteiger partial charge in [0.05, 0.1) is 11.0 Å². The molecule has 0 radical (unpaired) electrons. The van der Waals surface area contributed by atoms with Gasteiger partial charge in [0.15, 0.2) is 0 Å². The van der Waals surface area contributed by atoms with Crippen molar-refractivity contribution in [1.29, 1.82) is 0 Å². The predicted octanol–water partition coefficient (Wildman–Crippen LogP) is 15.9. The average molecular weight is 752 g/mol. The van der Waals surface area contributed by atoms with Gasteiger partial charge in [-0.1, -0.05) is 152 Å². The summed E-state index contributed by atoms with van der Waals surface area (Å²) in [7, 11) is 0. The summed E-state index contributed by atoms with van der Waals surface area (Å²) < 4.78 is 15.4. The molecule has 0 spiro atoms. The number of para-hydroxylation sites is 4. The lowest BCUT2D eigenvalue weighted by atomic mass is 9.85. The largest absolute Gasteiger partial charge is 0.456 e. The molecule has 13 rings (SSSR count). The number of rotatable bonds is 4. The summed E-state index contributed by atoms with van der Waals surface area (Å²) in [4.78, 5) is 0. The van der Waals surface area contributed by atoms with Crippen LogP contribution in [0, 0.1) is 0 Å². The van der Waals surface area contributed by atoms with Crippen LogP contribution in [0.4, 0.5) is 0 Å². The minimum Gasteiger partial charge on any atom is -0.456 e. The Bertz CT molecular complexity index is 3770. The standard InChI is InChI=1S/C56H33NO2/c1-2-13-37(14-3-1)57-47-23-10-8-20-45(47)54-48(57)30-32-51-55(54)46-33-36(29-31-50(46)58-51)53-42-18-6-4-16-40(42)52(41-17-5-7-19-43(41)53)35-27-25-34(26-28-35)38-21-12-22-44-39-15-9-11-24-49(39)59-56(38)44/h1-33H. The van der Waals surface area contributed by atoms with Crippen molar-refractivity contribution in [3.8, 4) is 39.1 Å². The number of furan rings is 2. The molecule has 0 saturated heterocycles. The molecule has 0 amide bonds. The maximum atomic E-state index is 6.63. The van der Waals surface area contributed by atoms with E-state index in [1.165, 1.54) is 60.0 Å². The first-order valence-corrected chi connectivity index (χ1v) is 20.2. The summed E-state index contributed by atoms with van der Waals surface area (Å²) in [6.07, 6.45) is 0. The first kappa shape index (κ1) is 32.2. The lowest BCUT2D eigenvalue weighted by Crippen LogP contribution is -1.92. The molecule has 10 aromatic carbocycles. The Morgan fingerprint density at radius 2 is 0.864 bits per heavy atom. The Kier molecular flexibility index (Phi) is 6.72. The second kappa shape index (κ2) is 12.3. The van der Waals surface area contributed by atoms with Gasteiger partial charge >= 0.3 is 0 Å². The molecule has 59 heavy (non-hydrogen) atoms. The van der Waals surface area contributed by atoms with Gasteiger partial charge in [-0.2, -0.15) is 0 Å². The van der Waals surface area contributed by atoms with E-state index in [-0.39, 0.29) is 0 Å². The van der Waals surface area contributed by atoms with E-state index in [4.69, 9.17) is 8.83 Å². The van der Waals surface area contributed by atoms with E-state index in [1.54, 1.807) is 0 Å². The third kappa shape index (κ3) is 4.64. The van der Waals surface area contributed by atoms with Gasteiger partial charge in [0.25, 0.3) is 0 Å². The van der Waals surface area contributed by atoms with Crippen molar-refractivity contribution in [1.82, 2.24) is 4.57 Å². The lowest BCUT2D eigenvalue weighted by molar-refractivity contribution is 0.669. The van der Waals surface area contributed by atoms with Crippen LogP contribution in [-0.2, 0) is 0 Å². The quantitative estimate of drug-likeness (QED) is 0.168. The van der Waals surface area contributed by atoms with Crippen LogP contribution in [0.1, 0.15) is 0 Å². The van der Waals surface area contributed by atoms with E-state index in [2.05, 4.69) is 193 Å². The summed E-state index contributed by atoms with van der Waals surface area (Å²) in [6.45, 7) is 0. The van der Waals surface area contributed by atoms with Crippen LogP contribution in [0.15, 0.2) is 209 Å². The molecular weight excluding hydrogens is 719 g/mol. The summed E-state index contributed by atoms with van der Waals surface area (Å²) in [5.74, 6) is 0. The van der Waals surface area contributed by atoms with Crippen LogP contribution in [0.2, 0.25) is 0 Å². The highest BCUT2D eigenvalue weighted by molar-refractivity contribution is 6.28. The van der Waals surface area contributed by atoms with Crippen molar-refractivity contribution in [3.63, 3.8) is 0 Å². The Morgan fingerprint density at radius 3 is 1.61 bits per heavy atom. The molecule has 3 nitrogen and oxygen atoms in total. The fourth-order valence-corrected chi connectivity index (χ4v) is 9.88. The number of aromatic nitrogens is 1. The van der Waals surface area contributed by atoms with Crippen molar-refractivity contribution in [3.05, 3.63) is 200 Å². The molecule has 3 heterocycles. The Hall–Kier alpha value is -7.88. The number of benzene rings is 10. The van der Waals surface area contributed by atoms with Crippen molar-refractivity contribution >= 4 is 87.2 Å². The lowest BCUT2D eigenvalue weighted by Gasteiger charge is -2.18. The zero-order chi connectivity index (χ0) is 38.6. The van der Waals surface area contributed by atoms with Crippen LogP contribution < -0.4 is 0 Å². The van der Waals surface area contributed by atoms with Crippen molar-refractivity contribution in [2.75, 3.05) is 0 Å². The third-order valence-corrected chi connectivity index (χ3v) is 12.4. The Labute approximate surface area is 338 Å². The monoisotopic (exact) mass is 751 g/mol. The van der Waals surface area contributed by atoms with Gasteiger partial charge in [-0.25, -0.2) is 0 Å². The van der Waals surface area contributed by atoms with Gasteiger partial charge in [-0.3, -0.25) is 0 Å². The summed E-state index contributed by atoms with van der Waals surface area (Å²) in [6, 6.07) is 71.9. The Morgan fingerprint density at radius 1 is 0.305 bits per heavy atom. The van der Waals surface area contributed by atoms with E-state index in [1.807, 2.05) is 12.1 Å². The van der Waals surface area contributed by atoms with Crippen molar-refractivity contribution < 1.29 is 8.83 Å². The normalized spacial score (nSPS) is 12.1. The molecule has 3 heteroatoms. The molecule has 0 unspecified atom stereocenters. The number of nitrogens with zero attached hydrogens (tertiary/aromatic N) is 1. The smallest absolute Gasteiger partial charge is 0.143 e. The van der Waals surface area contributed by atoms with Gasteiger partial charge in [-0.15, -0.1) is 0 Å². The van der Waals surface area contributed by atoms with Gasteiger partial charge in [0.2, 0.25) is 0 Å². The molecule has 0 N–H and O–H groups in total. The summed E-state index contributed by atoms with van der Waals surface area (Å²) >= 11 is 0. The Balaban J connectivity index is 1.02. The summed E-state index contributed by atoms with van der Waals surface area (Å²) in [5.41, 5.74) is 14.1. The second-order valence-electron chi connectivity index (χ2n) is 15.5. The minimum atomic E-state index is 0.886. The van der Waals surface area contributed by atoms with E-state index in [0.717, 1.165) is 66.3 Å². The highest BCUT2D eigenvalue weighted by Gasteiger charge is 2.21. The van der Waals surface area contributed by atoms with Crippen LogP contribution in [0.25, 0.3) is 126 Å². The minimum absolute atomic E-state index is 0.886. The molecule has 274 valence electrons. The van der Waals surface area contributed by atoms with Gasteiger partial charge in [0.1, 0.15) is 22.3 Å². The fourth-order valence-electron chi connectivity index (χ4n) is 9.88. The third-order valence-electron chi connectivity index (χ3n) is 12.4. The van der Waals surface area contributed by atoms with Crippen LogP contribution >= 0.6 is 0 Å². The second-order valence-corrected chi connectivity index (χ2v) is 15.5. The molecule has 0 bridgehead atoms. The van der Waals surface area contributed by atoms with Crippen LogP contribution in [-0.4, -0.2) is 4.57 Å². The molecule has 0 aliphatic heterocycles. The molecule has 0 aliphatic carbocycles. The predicted molar refractivity (Wildman–Crippen MR) is 247 cm³/mol. The highest BCUT2D eigenvalue weighted by atomic mass is 16.3. The van der Waals surface area contributed by atoms with Crippen LogP contribution in [0.5, 0.6) is 0 Å². The molecule has 0 fully saturated rings. The van der Waals surface area contributed by atoms with Crippen molar-refractivity contribution in [2.24, 2.45) is 0 Å². The number of hydrogen-bond donors (Lipinski definition) is 0. The van der Waals surface area contributed by atoms with E-state index < -0.39 is 0 Å². The number of fused-ring (bicyclic) bond motifs is 12. The molecule has 0 atom stereocenters. The molecule has 3 aromatic heterocycles. The van der Waals surface area contributed by atoms with Crippen molar-refractivity contribution in [2.45, 2.75) is 0 Å². The maximum Gasteiger partial charge on any atom is 0.143 e. The molecule has 0 aliphatic rings. The topological polar surface area (TPSA) is 31.2 Å². The van der Waals surface area contributed by atoms with E-state index >= 15 is 0 Å². The van der Waals surface area contributed by atoms with Gasteiger partial charge in [-0.05, 0) is 97.9 Å². The van der Waals surface area contributed by atoms with Gasteiger partial charge < -0.3 is 13.4 Å². The first-order chi connectivity index (χ1) is 29.3. The first-order valence-electron chi connectivity index (χ1n) is 20.2. The van der Waals surface area contributed by atoms with E-state index in [9.17, 15) is 0 Å². The maximum absolute atomic E-state index is 6.63. The average Bonchev–Trinajstić information content (AvgIpc) is 3.98. The SMILES string of the molecule is c1ccc(-n2c3ccccc3c3c4c(ccc32)oc2ccc(-c3c5ccccc5c(-c5ccc(-c6cccc7c6oc6ccccc67)cc5)c5ccccc35)cc24)cc1.